The number of carbonyl (C=O) groups excluding carboxylic acids is 1. The molecule has 1 fully saturated rings. The molecule has 0 aliphatic heterocycles. The molecule has 0 unspecified atom stereocenters. The Labute approximate surface area is 118 Å². The van der Waals surface area contributed by atoms with Crippen LogP contribution in [0.2, 0.25) is 0 Å². The van der Waals surface area contributed by atoms with Gasteiger partial charge in [0.05, 0.1) is 5.56 Å². The predicted molar refractivity (Wildman–Crippen MR) is 78.6 cm³/mol. The van der Waals surface area contributed by atoms with Gasteiger partial charge in [-0.1, -0.05) is 19.3 Å². The first kappa shape index (κ1) is 14.5. The molecule has 1 saturated carbocycles. The van der Waals surface area contributed by atoms with E-state index in [-0.39, 0.29) is 0 Å². The topological polar surface area (TPSA) is 119 Å². The summed E-state index contributed by atoms with van der Waals surface area (Å²) >= 11 is 0. The quantitative estimate of drug-likeness (QED) is 0.608. The number of hydrogen-bond donors (Lipinski definition) is 4. The molecule has 0 atom stereocenters. The van der Waals surface area contributed by atoms with Crippen molar-refractivity contribution < 1.29 is 4.79 Å². The molecule has 1 aliphatic rings. The number of nitrogens with zero attached hydrogens (tertiary/aromatic N) is 2. The van der Waals surface area contributed by atoms with Crippen LogP contribution in [0.5, 0.6) is 0 Å². The van der Waals surface area contributed by atoms with Crippen molar-refractivity contribution in [2.24, 2.45) is 11.5 Å². The molecule has 1 aliphatic carbocycles. The van der Waals surface area contributed by atoms with Crippen LogP contribution in [0.3, 0.4) is 0 Å². The summed E-state index contributed by atoms with van der Waals surface area (Å²) in [5, 5.41) is 6.32. The average molecular weight is 278 g/mol. The minimum atomic E-state index is -0.520. The zero-order chi connectivity index (χ0) is 14.4. The standard InChI is InChI=1S/C13H22N6O/c14-6-7-16-13-17-8-10(11(15)20)12(19-13)18-9-4-2-1-3-5-9/h8-9H,1-7,14H2,(H2,15,20)(H2,16,17,18,19). The van der Waals surface area contributed by atoms with Crippen LogP contribution in [-0.2, 0) is 0 Å². The van der Waals surface area contributed by atoms with Gasteiger partial charge in [-0.3, -0.25) is 4.79 Å². The number of primary amides is 1. The Hall–Kier alpha value is -1.89. The monoisotopic (exact) mass is 278 g/mol. The van der Waals surface area contributed by atoms with Gasteiger partial charge >= 0.3 is 0 Å². The molecule has 7 heteroatoms. The lowest BCUT2D eigenvalue weighted by Gasteiger charge is -2.24. The molecule has 7 nitrogen and oxygen atoms in total. The van der Waals surface area contributed by atoms with Crippen LogP contribution in [0.25, 0.3) is 0 Å². The summed E-state index contributed by atoms with van der Waals surface area (Å²) in [6.45, 7) is 1.07. The molecule has 0 radical (unpaired) electrons. The van der Waals surface area contributed by atoms with Gasteiger partial charge in [-0.15, -0.1) is 0 Å². The lowest BCUT2D eigenvalue weighted by Crippen LogP contribution is -2.26. The van der Waals surface area contributed by atoms with Crippen molar-refractivity contribution in [1.82, 2.24) is 9.97 Å². The van der Waals surface area contributed by atoms with Crippen LogP contribution in [0.4, 0.5) is 11.8 Å². The summed E-state index contributed by atoms with van der Waals surface area (Å²) in [5.41, 5.74) is 11.1. The highest BCUT2D eigenvalue weighted by atomic mass is 16.1. The maximum absolute atomic E-state index is 11.5. The Morgan fingerprint density at radius 2 is 2.10 bits per heavy atom. The molecule has 1 heterocycles. The zero-order valence-electron chi connectivity index (χ0n) is 11.6. The molecular weight excluding hydrogens is 256 g/mol. The number of hydrogen-bond acceptors (Lipinski definition) is 6. The number of nitrogens with one attached hydrogen (secondary N) is 2. The van der Waals surface area contributed by atoms with E-state index in [4.69, 9.17) is 11.5 Å². The molecule has 1 amide bonds. The van der Waals surface area contributed by atoms with E-state index < -0.39 is 5.91 Å². The zero-order valence-corrected chi connectivity index (χ0v) is 11.6. The molecule has 2 rings (SSSR count). The van der Waals surface area contributed by atoms with Gasteiger partial charge in [-0.25, -0.2) is 4.98 Å². The molecule has 1 aromatic heterocycles. The molecule has 6 N–H and O–H groups in total. The number of amides is 1. The van der Waals surface area contributed by atoms with E-state index in [0.29, 0.717) is 36.5 Å². The second-order valence-electron chi connectivity index (χ2n) is 5.01. The fourth-order valence-corrected chi connectivity index (χ4v) is 2.38. The average Bonchev–Trinajstić information content (AvgIpc) is 2.46. The molecule has 110 valence electrons. The second-order valence-corrected chi connectivity index (χ2v) is 5.01. The molecule has 0 saturated heterocycles. The van der Waals surface area contributed by atoms with Crippen LogP contribution >= 0.6 is 0 Å². The molecule has 1 aromatic rings. The SMILES string of the molecule is NCCNc1ncc(C(N)=O)c(NC2CCCCC2)n1. The highest BCUT2D eigenvalue weighted by molar-refractivity contribution is 5.97. The van der Waals surface area contributed by atoms with Crippen molar-refractivity contribution in [1.29, 1.82) is 0 Å². The third-order valence-electron chi connectivity index (χ3n) is 3.43. The highest BCUT2D eigenvalue weighted by Gasteiger charge is 2.18. The van der Waals surface area contributed by atoms with E-state index in [1.165, 1.54) is 25.5 Å². The Bertz CT molecular complexity index is 458. The third kappa shape index (κ3) is 3.80. The van der Waals surface area contributed by atoms with Gasteiger partial charge in [-0.05, 0) is 12.8 Å². The van der Waals surface area contributed by atoms with Crippen LogP contribution in [0.15, 0.2) is 6.20 Å². The number of carbonyl (C=O) groups is 1. The second kappa shape index (κ2) is 7.04. The van der Waals surface area contributed by atoms with Crippen molar-refractivity contribution in [3.63, 3.8) is 0 Å². The van der Waals surface area contributed by atoms with Gasteiger partial charge in [-0.2, -0.15) is 4.98 Å². The van der Waals surface area contributed by atoms with E-state index in [1.54, 1.807) is 0 Å². The molecule has 0 aromatic carbocycles. The van der Waals surface area contributed by atoms with Gasteiger partial charge in [0.1, 0.15) is 5.82 Å². The van der Waals surface area contributed by atoms with E-state index in [9.17, 15) is 4.79 Å². The van der Waals surface area contributed by atoms with Gasteiger partial charge in [0.2, 0.25) is 5.95 Å². The van der Waals surface area contributed by atoms with Gasteiger partial charge in [0, 0.05) is 25.3 Å². The lowest BCUT2D eigenvalue weighted by atomic mass is 9.95. The normalized spacial score (nSPS) is 15.8. The molecule has 0 bridgehead atoms. The molecule has 20 heavy (non-hydrogen) atoms. The van der Waals surface area contributed by atoms with E-state index in [2.05, 4.69) is 20.6 Å². The minimum absolute atomic E-state index is 0.328. The van der Waals surface area contributed by atoms with Crippen LogP contribution < -0.4 is 22.1 Å². The fraction of sp³-hybridized carbons (Fsp3) is 0.615. The number of nitrogens with two attached hydrogens (primary N) is 2. The maximum atomic E-state index is 11.5. The summed E-state index contributed by atoms with van der Waals surface area (Å²) in [6, 6.07) is 0.346. The Morgan fingerprint density at radius 3 is 2.75 bits per heavy atom. The Balaban J connectivity index is 2.14. The Morgan fingerprint density at radius 1 is 1.35 bits per heavy atom. The summed E-state index contributed by atoms with van der Waals surface area (Å²) in [7, 11) is 0. The van der Waals surface area contributed by atoms with Crippen LogP contribution in [0.1, 0.15) is 42.5 Å². The number of rotatable bonds is 6. The van der Waals surface area contributed by atoms with Crippen molar-refractivity contribution in [2.75, 3.05) is 23.7 Å². The smallest absolute Gasteiger partial charge is 0.254 e. The van der Waals surface area contributed by atoms with Crippen molar-refractivity contribution >= 4 is 17.7 Å². The van der Waals surface area contributed by atoms with Crippen LogP contribution in [-0.4, -0.2) is 35.0 Å². The first-order chi connectivity index (χ1) is 9.70. The number of aromatic nitrogens is 2. The van der Waals surface area contributed by atoms with Gasteiger partial charge in [0.15, 0.2) is 0 Å². The van der Waals surface area contributed by atoms with Crippen molar-refractivity contribution in [3.05, 3.63) is 11.8 Å². The molecule has 0 spiro atoms. The first-order valence-corrected chi connectivity index (χ1v) is 7.08. The summed E-state index contributed by atoms with van der Waals surface area (Å²) in [4.78, 5) is 19.9. The van der Waals surface area contributed by atoms with E-state index in [1.807, 2.05) is 0 Å². The van der Waals surface area contributed by atoms with E-state index in [0.717, 1.165) is 12.8 Å². The van der Waals surface area contributed by atoms with Crippen LogP contribution in [0, 0.1) is 0 Å². The van der Waals surface area contributed by atoms with Gasteiger partial charge < -0.3 is 22.1 Å². The Kier molecular flexibility index (Phi) is 5.11. The predicted octanol–water partition coefficient (Wildman–Crippen LogP) is 0.691. The number of anilines is 2. The highest BCUT2D eigenvalue weighted by Crippen LogP contribution is 2.22. The summed E-state index contributed by atoms with van der Waals surface area (Å²) in [5.74, 6) is 0.450. The summed E-state index contributed by atoms with van der Waals surface area (Å²) < 4.78 is 0. The van der Waals surface area contributed by atoms with Gasteiger partial charge in [0.25, 0.3) is 5.91 Å². The third-order valence-corrected chi connectivity index (χ3v) is 3.43. The fourth-order valence-electron chi connectivity index (χ4n) is 2.38. The summed E-state index contributed by atoms with van der Waals surface area (Å²) in [6.07, 6.45) is 7.31. The maximum Gasteiger partial charge on any atom is 0.254 e. The lowest BCUT2D eigenvalue weighted by molar-refractivity contribution is 0.100. The first-order valence-electron chi connectivity index (χ1n) is 7.08. The van der Waals surface area contributed by atoms with Crippen molar-refractivity contribution in [2.45, 2.75) is 38.1 Å². The molecular formula is C13H22N6O. The van der Waals surface area contributed by atoms with E-state index >= 15 is 0 Å². The van der Waals surface area contributed by atoms with Crippen molar-refractivity contribution in [3.8, 4) is 0 Å². The largest absolute Gasteiger partial charge is 0.367 e. The minimum Gasteiger partial charge on any atom is -0.367 e.